The molecular weight excluding hydrogens is 309 g/mol. The topological polar surface area (TPSA) is 29.5 Å². The molecule has 2 unspecified atom stereocenters. The van der Waals surface area contributed by atoms with Crippen LogP contribution in [-0.2, 0) is 9.53 Å². The van der Waals surface area contributed by atoms with E-state index < -0.39 is 0 Å². The fraction of sp³-hybridized carbons (Fsp3) is 0.562. The van der Waals surface area contributed by atoms with Crippen LogP contribution in [0.1, 0.15) is 32.6 Å². The van der Waals surface area contributed by atoms with E-state index in [4.69, 9.17) is 27.9 Å². The molecule has 0 N–H and O–H groups in total. The highest BCUT2D eigenvalue weighted by atomic mass is 35.5. The van der Waals surface area contributed by atoms with Crippen LogP contribution in [0.15, 0.2) is 24.3 Å². The molecule has 3 nitrogen and oxygen atoms in total. The van der Waals surface area contributed by atoms with Crippen LogP contribution in [0.5, 0.6) is 0 Å². The van der Waals surface area contributed by atoms with Gasteiger partial charge in [0.25, 0.3) is 0 Å². The standard InChI is InChI=1S/C16H21Cl2NO2/c1-2-21-15-5-3-4-14(15)19(16(20)10-11-17)13-8-6-12(18)7-9-13/h6-9,14-15H,2-5,10-11H2,1H3. The zero-order valence-corrected chi connectivity index (χ0v) is 13.7. The van der Waals surface area contributed by atoms with Crippen LogP contribution in [0.2, 0.25) is 5.02 Å². The second kappa shape index (κ2) is 8.02. The second-order valence-corrected chi connectivity index (χ2v) is 5.99. The smallest absolute Gasteiger partial charge is 0.228 e. The van der Waals surface area contributed by atoms with Gasteiger partial charge >= 0.3 is 0 Å². The molecule has 2 atom stereocenters. The Balaban J connectivity index is 2.27. The first-order valence-corrected chi connectivity index (χ1v) is 8.33. The Kier molecular flexibility index (Phi) is 6.34. The molecule has 5 heteroatoms. The first-order chi connectivity index (χ1) is 10.2. The number of ether oxygens (including phenoxy) is 1. The number of benzene rings is 1. The van der Waals surface area contributed by atoms with Crippen LogP contribution in [0, 0.1) is 0 Å². The maximum atomic E-state index is 12.5. The molecule has 2 rings (SSSR count). The van der Waals surface area contributed by atoms with E-state index in [9.17, 15) is 4.79 Å². The van der Waals surface area contributed by atoms with Crippen LogP contribution in [0.25, 0.3) is 0 Å². The predicted octanol–water partition coefficient (Wildman–Crippen LogP) is 4.26. The van der Waals surface area contributed by atoms with Gasteiger partial charge in [-0.2, -0.15) is 0 Å². The molecule has 1 aliphatic rings. The molecule has 0 radical (unpaired) electrons. The first-order valence-electron chi connectivity index (χ1n) is 7.42. The first kappa shape index (κ1) is 16.6. The number of hydrogen-bond acceptors (Lipinski definition) is 2. The Labute approximate surface area is 136 Å². The lowest BCUT2D eigenvalue weighted by molar-refractivity contribution is -0.119. The highest BCUT2D eigenvalue weighted by Gasteiger charge is 2.35. The number of hydrogen-bond donors (Lipinski definition) is 0. The van der Waals surface area contributed by atoms with Gasteiger partial charge in [0, 0.05) is 29.6 Å². The van der Waals surface area contributed by atoms with Crippen LogP contribution < -0.4 is 4.90 Å². The average molecular weight is 330 g/mol. The Morgan fingerprint density at radius 1 is 1.33 bits per heavy atom. The molecular formula is C16H21Cl2NO2. The summed E-state index contributed by atoms with van der Waals surface area (Å²) >= 11 is 11.7. The van der Waals surface area contributed by atoms with Crippen molar-refractivity contribution < 1.29 is 9.53 Å². The summed E-state index contributed by atoms with van der Waals surface area (Å²) in [5.74, 6) is 0.374. The van der Waals surface area contributed by atoms with Crippen molar-refractivity contribution >= 4 is 34.8 Å². The third-order valence-corrected chi connectivity index (χ3v) is 4.25. The van der Waals surface area contributed by atoms with Gasteiger partial charge in [-0.05, 0) is 50.5 Å². The number of nitrogens with zero attached hydrogens (tertiary/aromatic N) is 1. The Morgan fingerprint density at radius 3 is 2.67 bits per heavy atom. The second-order valence-electron chi connectivity index (χ2n) is 5.17. The molecule has 1 aliphatic carbocycles. The minimum atomic E-state index is 0.0453. The quantitative estimate of drug-likeness (QED) is 0.730. The average Bonchev–Trinajstić information content (AvgIpc) is 2.90. The zero-order chi connectivity index (χ0) is 15.2. The summed E-state index contributed by atoms with van der Waals surface area (Å²) in [5, 5.41) is 0.663. The maximum Gasteiger partial charge on any atom is 0.228 e. The minimum absolute atomic E-state index is 0.0453. The number of rotatable bonds is 6. The van der Waals surface area contributed by atoms with E-state index in [0.29, 0.717) is 23.9 Å². The normalized spacial score (nSPS) is 21.5. The number of amides is 1. The van der Waals surface area contributed by atoms with E-state index in [2.05, 4.69) is 0 Å². The van der Waals surface area contributed by atoms with Crippen molar-refractivity contribution in [1.82, 2.24) is 0 Å². The SMILES string of the molecule is CCOC1CCCC1N(C(=O)CCCl)c1ccc(Cl)cc1. The number of halogens is 2. The molecule has 0 aromatic heterocycles. The highest BCUT2D eigenvalue weighted by Crippen LogP contribution is 2.32. The van der Waals surface area contributed by atoms with E-state index in [0.717, 1.165) is 24.9 Å². The monoisotopic (exact) mass is 329 g/mol. The molecule has 1 amide bonds. The maximum absolute atomic E-state index is 12.5. The fourth-order valence-electron chi connectivity index (χ4n) is 2.93. The predicted molar refractivity (Wildman–Crippen MR) is 87.3 cm³/mol. The largest absolute Gasteiger partial charge is 0.376 e. The van der Waals surface area contributed by atoms with Crippen molar-refractivity contribution in [2.75, 3.05) is 17.4 Å². The molecule has 1 fully saturated rings. The molecule has 116 valence electrons. The molecule has 0 spiro atoms. The van der Waals surface area contributed by atoms with E-state index in [-0.39, 0.29) is 18.1 Å². The molecule has 0 saturated heterocycles. The molecule has 1 saturated carbocycles. The van der Waals surface area contributed by atoms with Gasteiger partial charge in [-0.3, -0.25) is 4.79 Å². The van der Waals surface area contributed by atoms with Crippen LogP contribution in [0.3, 0.4) is 0 Å². The summed E-state index contributed by atoms with van der Waals surface area (Å²) < 4.78 is 5.82. The van der Waals surface area contributed by atoms with Gasteiger partial charge in [0.05, 0.1) is 12.1 Å². The summed E-state index contributed by atoms with van der Waals surface area (Å²) in [6, 6.07) is 7.47. The van der Waals surface area contributed by atoms with Crippen LogP contribution >= 0.6 is 23.2 Å². The van der Waals surface area contributed by atoms with Gasteiger partial charge in [0.2, 0.25) is 5.91 Å². The van der Waals surface area contributed by atoms with Crippen molar-refractivity contribution in [3.8, 4) is 0 Å². The van der Waals surface area contributed by atoms with Crippen molar-refractivity contribution in [2.45, 2.75) is 44.8 Å². The van der Waals surface area contributed by atoms with Crippen molar-refractivity contribution in [3.63, 3.8) is 0 Å². The van der Waals surface area contributed by atoms with E-state index >= 15 is 0 Å². The lowest BCUT2D eigenvalue weighted by Crippen LogP contribution is -2.45. The van der Waals surface area contributed by atoms with Crippen LogP contribution in [0.4, 0.5) is 5.69 Å². The lowest BCUT2D eigenvalue weighted by Gasteiger charge is -2.33. The van der Waals surface area contributed by atoms with E-state index in [1.807, 2.05) is 36.1 Å². The number of carbonyl (C=O) groups excluding carboxylic acids is 1. The Morgan fingerprint density at radius 2 is 2.05 bits per heavy atom. The highest BCUT2D eigenvalue weighted by molar-refractivity contribution is 6.30. The fourth-order valence-corrected chi connectivity index (χ4v) is 3.22. The molecule has 0 bridgehead atoms. The summed E-state index contributed by atoms with van der Waals surface area (Å²) in [7, 11) is 0. The molecule has 1 aromatic rings. The van der Waals surface area contributed by atoms with Gasteiger partial charge in [0.15, 0.2) is 0 Å². The van der Waals surface area contributed by atoms with E-state index in [1.54, 1.807) is 0 Å². The van der Waals surface area contributed by atoms with Gasteiger partial charge < -0.3 is 9.64 Å². The lowest BCUT2D eigenvalue weighted by atomic mass is 10.1. The molecule has 0 heterocycles. The third-order valence-electron chi connectivity index (χ3n) is 3.81. The number of carbonyl (C=O) groups is 1. The third kappa shape index (κ3) is 4.12. The van der Waals surface area contributed by atoms with Crippen LogP contribution in [-0.4, -0.2) is 30.5 Å². The molecule has 21 heavy (non-hydrogen) atoms. The van der Waals surface area contributed by atoms with Gasteiger partial charge in [-0.15, -0.1) is 11.6 Å². The minimum Gasteiger partial charge on any atom is -0.376 e. The van der Waals surface area contributed by atoms with Gasteiger partial charge in [-0.1, -0.05) is 11.6 Å². The summed E-state index contributed by atoms with van der Waals surface area (Å²) in [6.45, 7) is 2.65. The molecule has 1 aromatic carbocycles. The number of alkyl halides is 1. The Hall–Kier alpha value is -0.770. The van der Waals surface area contributed by atoms with Gasteiger partial charge in [-0.25, -0.2) is 0 Å². The van der Waals surface area contributed by atoms with Crippen molar-refractivity contribution in [1.29, 1.82) is 0 Å². The summed E-state index contributed by atoms with van der Waals surface area (Å²) in [6.07, 6.45) is 3.47. The van der Waals surface area contributed by atoms with Crippen molar-refractivity contribution in [3.05, 3.63) is 29.3 Å². The van der Waals surface area contributed by atoms with E-state index in [1.165, 1.54) is 0 Å². The molecule has 0 aliphatic heterocycles. The van der Waals surface area contributed by atoms with Gasteiger partial charge in [0.1, 0.15) is 0 Å². The number of anilines is 1. The van der Waals surface area contributed by atoms with Crippen molar-refractivity contribution in [2.24, 2.45) is 0 Å². The Bertz CT molecular complexity index is 464. The summed E-state index contributed by atoms with van der Waals surface area (Å²) in [4.78, 5) is 14.4. The summed E-state index contributed by atoms with van der Waals surface area (Å²) in [5.41, 5.74) is 0.867. The zero-order valence-electron chi connectivity index (χ0n) is 12.2.